The van der Waals surface area contributed by atoms with Gasteiger partial charge in [0, 0.05) is 99.4 Å². The maximum absolute atomic E-state index is 14.1. The largest absolute Gasteiger partial charge is 0.504 e. The second-order valence-corrected chi connectivity index (χ2v) is 15.2. The van der Waals surface area contributed by atoms with E-state index in [2.05, 4.69) is 64.5 Å². The minimum absolute atomic E-state index is 0.152. The normalized spacial score (nSPS) is 22.5. The number of nitrogens with zero attached hydrogens (tertiary/aromatic N) is 8. The zero-order valence-electron chi connectivity index (χ0n) is 30.0. The molecule has 5 aromatic rings. The Hall–Kier alpha value is -6.09. The quantitative estimate of drug-likeness (QED) is 0.219. The number of benzene rings is 2. The van der Waals surface area contributed by atoms with Crippen LogP contribution in [0.5, 0.6) is 5.75 Å². The van der Waals surface area contributed by atoms with Crippen LogP contribution in [0.4, 0.5) is 21.6 Å². The molecule has 3 aromatic heterocycles. The number of fused-ring (bicyclic) bond motifs is 5. The summed E-state index contributed by atoms with van der Waals surface area (Å²) in [5, 5.41) is 25.9. The first-order valence-electron chi connectivity index (χ1n) is 18.8. The fraction of sp³-hybridized carbons (Fsp3) is 0.350. The number of amides is 3. The Labute approximate surface area is 315 Å². The minimum Gasteiger partial charge on any atom is -0.504 e. The number of nitrogens with one attached hydrogen (secondary N) is 2. The van der Waals surface area contributed by atoms with Crippen LogP contribution < -0.4 is 20.4 Å². The molecule has 55 heavy (non-hydrogen) atoms. The Kier molecular flexibility index (Phi) is 7.94. The smallest absolute Gasteiger partial charge is 0.255 e. The van der Waals surface area contributed by atoms with E-state index in [-0.39, 0.29) is 30.3 Å². The van der Waals surface area contributed by atoms with Gasteiger partial charge in [-0.3, -0.25) is 24.6 Å². The number of hydrogen-bond donors (Lipinski definition) is 3. The van der Waals surface area contributed by atoms with E-state index in [9.17, 15) is 23.9 Å². The molecule has 3 atom stereocenters. The highest BCUT2D eigenvalue weighted by atomic mass is 19.1. The van der Waals surface area contributed by atoms with E-state index in [4.69, 9.17) is 4.98 Å². The molecule has 0 spiro atoms. The Balaban J connectivity index is 0.783. The molecule has 10 rings (SSSR count). The average Bonchev–Trinajstić information content (AvgIpc) is 3.91. The second kappa shape index (κ2) is 13.0. The predicted molar refractivity (Wildman–Crippen MR) is 202 cm³/mol. The molecule has 3 fully saturated rings. The lowest BCUT2D eigenvalue weighted by Gasteiger charge is -2.36. The van der Waals surface area contributed by atoms with Crippen molar-refractivity contribution in [2.24, 2.45) is 0 Å². The summed E-state index contributed by atoms with van der Waals surface area (Å²) < 4.78 is 16.4. The van der Waals surface area contributed by atoms with Gasteiger partial charge in [-0.15, -0.1) is 10.2 Å². The van der Waals surface area contributed by atoms with Crippen LogP contribution in [0.2, 0.25) is 0 Å². The number of imide groups is 1. The number of piperidine rings is 1. The fourth-order valence-electron chi connectivity index (χ4n) is 9.01. The highest BCUT2D eigenvalue weighted by molar-refractivity contribution is 6.05. The first kappa shape index (κ1) is 33.5. The molecule has 3 N–H and O–H groups in total. The number of aromatic nitrogens is 4. The number of para-hydroxylation sites is 1. The molecule has 3 amide bonds. The van der Waals surface area contributed by atoms with Gasteiger partial charge < -0.3 is 29.7 Å². The Morgan fingerprint density at radius 2 is 1.80 bits per heavy atom. The molecule has 8 heterocycles. The van der Waals surface area contributed by atoms with Crippen LogP contribution in [-0.2, 0) is 22.7 Å². The van der Waals surface area contributed by atoms with Gasteiger partial charge in [-0.25, -0.2) is 9.37 Å². The number of anilines is 3. The van der Waals surface area contributed by atoms with E-state index in [0.717, 1.165) is 85.8 Å². The van der Waals surface area contributed by atoms with E-state index in [1.54, 1.807) is 17.0 Å². The van der Waals surface area contributed by atoms with Crippen LogP contribution in [0.15, 0.2) is 67.0 Å². The van der Waals surface area contributed by atoms with Crippen LogP contribution in [0, 0.1) is 5.82 Å². The number of phenols is 1. The van der Waals surface area contributed by atoms with E-state index < -0.39 is 23.5 Å². The second-order valence-electron chi connectivity index (χ2n) is 15.2. The van der Waals surface area contributed by atoms with Gasteiger partial charge in [0.1, 0.15) is 11.7 Å². The van der Waals surface area contributed by atoms with Crippen molar-refractivity contribution in [2.45, 2.75) is 50.5 Å². The summed E-state index contributed by atoms with van der Waals surface area (Å²) >= 11 is 0. The van der Waals surface area contributed by atoms with Crippen molar-refractivity contribution in [1.82, 2.24) is 34.9 Å². The molecule has 0 saturated carbocycles. The maximum Gasteiger partial charge on any atom is 0.255 e. The van der Waals surface area contributed by atoms with Crippen LogP contribution in [0.25, 0.3) is 22.3 Å². The molecule has 0 aliphatic carbocycles. The first-order valence-corrected chi connectivity index (χ1v) is 18.8. The molecule has 3 unspecified atom stereocenters. The molecular weight excluding hydrogens is 704 g/mol. The van der Waals surface area contributed by atoms with Gasteiger partial charge in [0.2, 0.25) is 11.8 Å². The lowest BCUT2D eigenvalue weighted by atomic mass is 10.0. The van der Waals surface area contributed by atoms with Crippen molar-refractivity contribution < 1.29 is 23.9 Å². The van der Waals surface area contributed by atoms with E-state index in [1.807, 2.05) is 24.4 Å². The third-order valence-electron chi connectivity index (χ3n) is 11.9. The van der Waals surface area contributed by atoms with Crippen molar-refractivity contribution in [3.05, 3.63) is 89.5 Å². The molecule has 280 valence electrons. The monoisotopic (exact) mass is 742 g/mol. The van der Waals surface area contributed by atoms with Crippen molar-refractivity contribution in [3.8, 4) is 17.0 Å². The van der Waals surface area contributed by atoms with Gasteiger partial charge in [0.25, 0.3) is 5.91 Å². The number of rotatable bonds is 6. The van der Waals surface area contributed by atoms with Crippen LogP contribution >= 0.6 is 0 Å². The van der Waals surface area contributed by atoms with Gasteiger partial charge >= 0.3 is 0 Å². The number of pyridine rings is 1. The summed E-state index contributed by atoms with van der Waals surface area (Å²) in [7, 11) is 0. The third-order valence-corrected chi connectivity index (χ3v) is 11.9. The first-order chi connectivity index (χ1) is 26.8. The van der Waals surface area contributed by atoms with Crippen molar-refractivity contribution >= 4 is 45.9 Å². The molecule has 14 nitrogen and oxygen atoms in total. The number of carbonyl (C=O) groups is 3. The number of carbonyl (C=O) groups excluding carboxylic acids is 3. The molecule has 3 saturated heterocycles. The highest BCUT2D eigenvalue weighted by Gasteiger charge is 2.40. The molecule has 15 heteroatoms. The lowest BCUT2D eigenvalue weighted by Crippen LogP contribution is -2.52. The summed E-state index contributed by atoms with van der Waals surface area (Å²) in [6.07, 6.45) is 5.63. The van der Waals surface area contributed by atoms with Gasteiger partial charge in [-0.05, 0) is 66.4 Å². The summed E-state index contributed by atoms with van der Waals surface area (Å²) in [6, 6.07) is 16.5. The van der Waals surface area contributed by atoms with Crippen molar-refractivity contribution in [2.75, 3.05) is 54.4 Å². The summed E-state index contributed by atoms with van der Waals surface area (Å²) in [5.74, 6) is -1.28. The standard InChI is InChI=1S/C40H39FN10O4/c41-31-3-1-2-29(36(31)53)32-17-34-37(46-45-32)42-19-27-15-28(22-50(27)34)49-9-8-24-14-23(18-43-38(24)49)20-47-10-12-48(13-11-47)26-5-4-25-21-51(40(55)30(25)16-26)33-6-7-35(52)44-39(33)54/h1-5,8-9,14,16-18,27-28,33,53H,6-7,10-13,15,19-22H2,(H,42,46)(H,44,52,54). The fourth-order valence-corrected chi connectivity index (χ4v) is 9.01. The number of piperazine rings is 1. The maximum atomic E-state index is 14.1. The van der Waals surface area contributed by atoms with Crippen LogP contribution in [-0.4, -0.2) is 104 Å². The third kappa shape index (κ3) is 5.80. The van der Waals surface area contributed by atoms with Crippen LogP contribution in [0.1, 0.15) is 46.8 Å². The Morgan fingerprint density at radius 1 is 0.927 bits per heavy atom. The summed E-state index contributed by atoms with van der Waals surface area (Å²) in [6.45, 7) is 6.04. The van der Waals surface area contributed by atoms with Crippen molar-refractivity contribution in [1.29, 1.82) is 0 Å². The zero-order valence-corrected chi connectivity index (χ0v) is 30.0. The van der Waals surface area contributed by atoms with Gasteiger partial charge in [0.05, 0.1) is 17.4 Å². The SMILES string of the molecule is O=C1CCC(N2Cc3ccc(N4CCN(Cc5cnc6c(ccn6C6CC7CNc8nnc(-c9cccc(F)c9O)cc8N7C6)c5)CC4)cc3C2=O)C(=O)N1. The molecule has 0 bridgehead atoms. The van der Waals surface area contributed by atoms with Gasteiger partial charge in [0.15, 0.2) is 17.4 Å². The molecule has 0 radical (unpaired) electrons. The van der Waals surface area contributed by atoms with E-state index in [0.29, 0.717) is 35.6 Å². The van der Waals surface area contributed by atoms with Gasteiger partial charge in [-0.1, -0.05) is 12.1 Å². The molecule has 5 aliphatic heterocycles. The van der Waals surface area contributed by atoms with E-state index in [1.165, 1.54) is 6.07 Å². The highest BCUT2D eigenvalue weighted by Crippen LogP contribution is 2.42. The zero-order chi connectivity index (χ0) is 37.4. The summed E-state index contributed by atoms with van der Waals surface area (Å²) in [4.78, 5) is 51.1. The minimum atomic E-state index is -0.693. The summed E-state index contributed by atoms with van der Waals surface area (Å²) in [5.41, 5.74) is 6.28. The molecular formula is C40H39FN10O4. The number of halogens is 1. The molecule has 2 aromatic carbocycles. The lowest BCUT2D eigenvalue weighted by molar-refractivity contribution is -0.136. The van der Waals surface area contributed by atoms with Crippen LogP contribution in [0.3, 0.4) is 0 Å². The Bertz CT molecular complexity index is 2390. The van der Waals surface area contributed by atoms with Gasteiger partial charge in [-0.2, -0.15) is 0 Å². The van der Waals surface area contributed by atoms with Crippen molar-refractivity contribution in [3.63, 3.8) is 0 Å². The molecule has 5 aliphatic rings. The number of hydrogen-bond acceptors (Lipinski definition) is 11. The van der Waals surface area contributed by atoms with E-state index >= 15 is 0 Å². The predicted octanol–water partition coefficient (Wildman–Crippen LogP) is 3.67. The average molecular weight is 743 g/mol. The Morgan fingerprint density at radius 3 is 2.65 bits per heavy atom. The number of aromatic hydroxyl groups is 1. The topological polar surface area (TPSA) is 152 Å². The number of phenolic OH excluding ortho intramolecular Hbond substituents is 1.